The van der Waals surface area contributed by atoms with Crippen LogP contribution in [-0.2, 0) is 20.4 Å². The third-order valence-corrected chi connectivity index (χ3v) is 12.3. The number of halogens is 2. The number of amides is 4. The number of methoxy groups -OCH3 is 3. The first-order chi connectivity index (χ1) is 27.4. The number of nitrogens with one attached hydrogen (secondary N) is 1. The largest absolute Gasteiger partial charge is 0.493 e. The average Bonchev–Trinajstić information content (AvgIpc) is 3.69. The molecule has 2 unspecified atom stereocenters. The molecule has 8 rings (SSSR count). The molecule has 5 aliphatic heterocycles. The van der Waals surface area contributed by atoms with E-state index in [0.717, 1.165) is 16.6 Å². The van der Waals surface area contributed by atoms with Gasteiger partial charge in [-0.1, -0.05) is 36.4 Å². The Morgan fingerprint density at radius 3 is 2.05 bits per heavy atom. The highest BCUT2D eigenvalue weighted by Gasteiger charge is 2.49. The van der Waals surface area contributed by atoms with Gasteiger partial charge < -0.3 is 29.1 Å². The number of aliphatic carboxylic acids is 1. The summed E-state index contributed by atoms with van der Waals surface area (Å²) in [5, 5.41) is 15.4. The van der Waals surface area contributed by atoms with Crippen LogP contribution in [0.2, 0.25) is 0 Å². The van der Waals surface area contributed by atoms with E-state index in [1.807, 2.05) is 30.3 Å². The molecule has 5 aliphatic rings. The molecule has 3 aromatic carbocycles. The average molecular weight is 791 g/mol. The number of hydrogen-bond acceptors (Lipinski definition) is 10. The summed E-state index contributed by atoms with van der Waals surface area (Å²) in [6.07, 6.45) is 0.567. The third kappa shape index (κ3) is 7.48. The number of carbonyl (C=O) groups excluding carboxylic acids is 3. The number of hydrazine groups is 1. The summed E-state index contributed by atoms with van der Waals surface area (Å²) in [6.45, 7) is 4.11. The van der Waals surface area contributed by atoms with Crippen LogP contribution in [0, 0.1) is 11.6 Å². The van der Waals surface area contributed by atoms with Crippen molar-refractivity contribution in [2.45, 2.75) is 42.7 Å². The highest BCUT2D eigenvalue weighted by atomic mass is 19.2. The second kappa shape index (κ2) is 16.3. The molecule has 3 aromatic rings. The molecule has 5 saturated heterocycles. The van der Waals surface area contributed by atoms with Gasteiger partial charge >= 0.3 is 12.0 Å². The van der Waals surface area contributed by atoms with Gasteiger partial charge in [-0.25, -0.2) is 28.4 Å². The number of nitrogens with zero attached hydrogens (tertiary/aromatic N) is 5. The molecule has 304 valence electrons. The van der Waals surface area contributed by atoms with Gasteiger partial charge in [-0.05, 0) is 80.7 Å². The van der Waals surface area contributed by atoms with E-state index in [2.05, 4.69) is 10.2 Å². The van der Waals surface area contributed by atoms with Gasteiger partial charge in [-0.3, -0.25) is 19.8 Å². The summed E-state index contributed by atoms with van der Waals surface area (Å²) >= 11 is 0. The number of ether oxygens (including phenoxy) is 3. The Morgan fingerprint density at radius 1 is 0.789 bits per heavy atom. The number of rotatable bonds is 11. The van der Waals surface area contributed by atoms with Crippen molar-refractivity contribution >= 4 is 23.8 Å². The quantitative estimate of drug-likeness (QED) is 0.294. The van der Waals surface area contributed by atoms with Gasteiger partial charge in [0, 0.05) is 50.2 Å². The van der Waals surface area contributed by atoms with Crippen LogP contribution >= 0.6 is 0 Å². The smallest absolute Gasteiger partial charge is 0.343 e. The number of urea groups is 1. The molecule has 4 amide bonds. The molecule has 0 aliphatic carbocycles. The number of benzene rings is 3. The number of hydrogen-bond donors (Lipinski definition) is 2. The van der Waals surface area contributed by atoms with Gasteiger partial charge in [0.25, 0.3) is 5.91 Å². The highest BCUT2D eigenvalue weighted by molar-refractivity contribution is 6.01. The molecule has 14 nitrogen and oxygen atoms in total. The summed E-state index contributed by atoms with van der Waals surface area (Å²) in [5.41, 5.74) is -0.0952. The fourth-order valence-electron chi connectivity index (χ4n) is 9.03. The van der Waals surface area contributed by atoms with Gasteiger partial charge in [-0.15, -0.1) is 0 Å². The second-order valence-corrected chi connectivity index (χ2v) is 15.1. The lowest BCUT2D eigenvalue weighted by atomic mass is 9.71. The highest BCUT2D eigenvalue weighted by Crippen LogP contribution is 2.43. The Balaban J connectivity index is 1.08. The SMILES string of the molecule is COc1cc(C(=O)N2CCC(CCN3CCC(C(=O)NC(=O)N4C(C(=O)O)N5CCN4CC5)(c4ccccc4)CC3)(c3ccc(F)c(F)c3)C2)cc(OC)c1OC. The Hall–Kier alpha value is -5.32. The van der Waals surface area contributed by atoms with E-state index in [4.69, 9.17) is 14.2 Å². The van der Waals surface area contributed by atoms with Crippen molar-refractivity contribution in [1.82, 2.24) is 30.0 Å². The Bertz CT molecular complexity index is 1980. The van der Waals surface area contributed by atoms with E-state index >= 15 is 0 Å². The molecule has 0 saturated carbocycles. The summed E-state index contributed by atoms with van der Waals surface area (Å²) in [7, 11) is 4.42. The van der Waals surface area contributed by atoms with Crippen molar-refractivity contribution < 1.29 is 47.3 Å². The minimum absolute atomic E-state index is 0.252. The predicted molar refractivity (Wildman–Crippen MR) is 203 cm³/mol. The monoisotopic (exact) mass is 790 g/mol. The normalized spacial score (nSPS) is 24.2. The third-order valence-electron chi connectivity index (χ3n) is 12.3. The number of likely N-dealkylation sites (tertiary alicyclic amines) is 2. The van der Waals surface area contributed by atoms with Gasteiger partial charge in [-0.2, -0.15) is 0 Å². The van der Waals surface area contributed by atoms with Crippen molar-refractivity contribution in [3.05, 3.63) is 89.0 Å². The maximum absolute atomic E-state index is 14.8. The fourth-order valence-corrected chi connectivity index (χ4v) is 9.03. The lowest BCUT2D eigenvalue weighted by Crippen LogP contribution is -2.74. The molecule has 2 N–H and O–H groups in total. The van der Waals surface area contributed by atoms with E-state index in [1.54, 1.807) is 33.0 Å². The van der Waals surface area contributed by atoms with Crippen LogP contribution in [0.5, 0.6) is 17.2 Å². The summed E-state index contributed by atoms with van der Waals surface area (Å²) < 4.78 is 45.4. The Labute approximate surface area is 329 Å². The van der Waals surface area contributed by atoms with E-state index in [9.17, 15) is 33.1 Å². The number of fused-ring (bicyclic) bond motifs is 3. The minimum Gasteiger partial charge on any atom is -0.493 e. The van der Waals surface area contributed by atoms with Crippen molar-refractivity contribution in [2.24, 2.45) is 0 Å². The second-order valence-electron chi connectivity index (χ2n) is 15.1. The van der Waals surface area contributed by atoms with Crippen molar-refractivity contribution in [2.75, 3.05) is 80.2 Å². The van der Waals surface area contributed by atoms with Crippen LogP contribution in [0.25, 0.3) is 0 Å². The van der Waals surface area contributed by atoms with Gasteiger partial charge in [0.1, 0.15) is 0 Å². The van der Waals surface area contributed by atoms with Crippen molar-refractivity contribution in [3.8, 4) is 17.2 Å². The molecule has 2 bridgehead atoms. The molecule has 57 heavy (non-hydrogen) atoms. The number of carboxylic acid groups (broad SMARTS) is 1. The molecule has 0 radical (unpaired) electrons. The predicted octanol–water partition coefficient (Wildman–Crippen LogP) is 3.69. The van der Waals surface area contributed by atoms with Gasteiger partial charge in [0.15, 0.2) is 23.1 Å². The van der Waals surface area contributed by atoms with Crippen molar-refractivity contribution in [3.63, 3.8) is 0 Å². The van der Waals surface area contributed by atoms with Crippen LogP contribution in [-0.4, -0.2) is 140 Å². The zero-order valence-electron chi connectivity index (χ0n) is 32.3. The minimum atomic E-state index is -1.19. The summed E-state index contributed by atoms with van der Waals surface area (Å²) in [6, 6.07) is 15.6. The van der Waals surface area contributed by atoms with Crippen LogP contribution in [0.3, 0.4) is 0 Å². The zero-order chi connectivity index (χ0) is 40.5. The van der Waals surface area contributed by atoms with Crippen LogP contribution in [0.15, 0.2) is 60.7 Å². The lowest BCUT2D eigenvalue weighted by Gasteiger charge is -2.52. The first kappa shape index (κ1) is 39.9. The molecular weight excluding hydrogens is 742 g/mol. The molecule has 16 heteroatoms. The van der Waals surface area contributed by atoms with Crippen LogP contribution in [0.1, 0.15) is 47.2 Å². The Morgan fingerprint density at radius 2 is 1.46 bits per heavy atom. The van der Waals surface area contributed by atoms with E-state index in [0.29, 0.717) is 106 Å². The molecule has 5 heterocycles. The standard InChI is InChI=1S/C41H48F2N6O8/c1-55-32-23-27(24-33(56-2)34(32)57-3)36(50)47-18-12-40(26-47,29-9-10-30(42)31(43)25-29)11-15-45-16-13-41(14-17-45,28-7-5-4-6-8-28)38(53)44-39(54)49-35(37(51)52)46-19-21-48(49)22-20-46/h4-10,23-25,35H,11-22,26H2,1-3H3,(H,51,52)(H,44,53,54). The van der Waals surface area contributed by atoms with E-state index in [-0.39, 0.29) is 12.5 Å². The number of carbonyl (C=O) groups is 4. The fraction of sp³-hybridized carbons (Fsp3) is 0.463. The molecular formula is C41H48F2N6O8. The van der Waals surface area contributed by atoms with Crippen LogP contribution in [0.4, 0.5) is 13.6 Å². The lowest BCUT2D eigenvalue weighted by molar-refractivity contribution is -0.190. The van der Waals surface area contributed by atoms with Crippen LogP contribution < -0.4 is 19.5 Å². The van der Waals surface area contributed by atoms with E-state index in [1.165, 1.54) is 27.4 Å². The Kier molecular flexibility index (Phi) is 11.4. The number of imide groups is 1. The number of piperidine rings is 1. The number of piperazine rings is 1. The first-order valence-corrected chi connectivity index (χ1v) is 19.1. The molecule has 0 aromatic heterocycles. The van der Waals surface area contributed by atoms with E-state index < -0.39 is 46.5 Å². The first-order valence-electron chi connectivity index (χ1n) is 19.1. The van der Waals surface area contributed by atoms with Gasteiger partial charge in [0.2, 0.25) is 17.8 Å². The molecule has 0 spiro atoms. The number of carboxylic acids is 1. The maximum Gasteiger partial charge on any atom is 0.343 e. The molecule has 2 atom stereocenters. The topological polar surface area (TPSA) is 144 Å². The summed E-state index contributed by atoms with van der Waals surface area (Å²) in [5.74, 6) is -2.82. The summed E-state index contributed by atoms with van der Waals surface area (Å²) in [4.78, 5) is 59.8. The molecule has 5 fully saturated rings. The van der Waals surface area contributed by atoms with Gasteiger partial charge in [0.05, 0.1) is 26.7 Å². The zero-order valence-corrected chi connectivity index (χ0v) is 32.3. The van der Waals surface area contributed by atoms with Crippen molar-refractivity contribution in [1.29, 1.82) is 0 Å². The maximum atomic E-state index is 14.8.